The Morgan fingerprint density at radius 2 is 2.10 bits per heavy atom. The molecule has 2 rings (SSSR count). The molecule has 4 nitrogen and oxygen atoms in total. The predicted octanol–water partition coefficient (Wildman–Crippen LogP) is 2.36. The van der Waals surface area contributed by atoms with Crippen LogP contribution >= 0.6 is 0 Å². The van der Waals surface area contributed by atoms with Crippen LogP contribution in [0.2, 0.25) is 0 Å². The zero-order chi connectivity index (χ0) is 15.2. The number of nitrogens with two attached hydrogens (primary N) is 1. The van der Waals surface area contributed by atoms with Crippen molar-refractivity contribution < 1.29 is 9.53 Å². The van der Waals surface area contributed by atoms with Crippen molar-refractivity contribution in [3.63, 3.8) is 0 Å². The zero-order valence-electron chi connectivity index (χ0n) is 13.0. The van der Waals surface area contributed by atoms with E-state index in [0.717, 1.165) is 31.6 Å². The first-order chi connectivity index (χ1) is 10.1. The zero-order valence-corrected chi connectivity index (χ0v) is 13.0. The minimum absolute atomic E-state index is 0.239. The van der Waals surface area contributed by atoms with E-state index in [-0.39, 0.29) is 18.0 Å². The van der Waals surface area contributed by atoms with E-state index < -0.39 is 0 Å². The van der Waals surface area contributed by atoms with Gasteiger partial charge in [-0.3, -0.25) is 4.79 Å². The number of nitrogens with zero attached hydrogens (tertiary/aromatic N) is 1. The number of amides is 1. The topological polar surface area (TPSA) is 55.6 Å². The largest absolute Gasteiger partial charge is 0.494 e. The van der Waals surface area contributed by atoms with E-state index in [1.165, 1.54) is 5.56 Å². The predicted molar refractivity (Wildman–Crippen MR) is 84.3 cm³/mol. The number of carbonyl (C=O) groups excluding carboxylic acids is 1. The molecule has 1 aromatic rings. The summed E-state index contributed by atoms with van der Waals surface area (Å²) in [4.78, 5) is 14.3. The SMILES string of the molecule is CCOc1ccc(CCC(=O)N2CC[C@H](N)C[C@@H]2C)cc1. The van der Waals surface area contributed by atoms with Crippen molar-refractivity contribution in [3.8, 4) is 5.75 Å². The van der Waals surface area contributed by atoms with Gasteiger partial charge in [0.15, 0.2) is 0 Å². The third-order valence-corrected chi connectivity index (χ3v) is 4.10. The van der Waals surface area contributed by atoms with Crippen LogP contribution in [0.1, 0.15) is 38.7 Å². The van der Waals surface area contributed by atoms with Gasteiger partial charge in [-0.15, -0.1) is 0 Å². The number of carbonyl (C=O) groups is 1. The smallest absolute Gasteiger partial charge is 0.223 e. The highest BCUT2D eigenvalue weighted by atomic mass is 16.5. The first kappa shape index (κ1) is 15.8. The summed E-state index contributed by atoms with van der Waals surface area (Å²) in [5.41, 5.74) is 7.12. The molecule has 1 amide bonds. The minimum atomic E-state index is 0.239. The third kappa shape index (κ3) is 4.46. The molecule has 116 valence electrons. The molecular formula is C17H26N2O2. The molecule has 0 saturated carbocycles. The molecule has 2 N–H and O–H groups in total. The number of benzene rings is 1. The number of hydrogen-bond acceptors (Lipinski definition) is 3. The summed E-state index contributed by atoms with van der Waals surface area (Å²) in [6.45, 7) is 5.53. The van der Waals surface area contributed by atoms with E-state index in [1.807, 2.05) is 36.1 Å². The number of ether oxygens (including phenoxy) is 1. The molecular weight excluding hydrogens is 264 g/mol. The minimum Gasteiger partial charge on any atom is -0.494 e. The summed E-state index contributed by atoms with van der Waals surface area (Å²) in [5, 5.41) is 0. The number of likely N-dealkylation sites (tertiary alicyclic amines) is 1. The Hall–Kier alpha value is -1.55. The Labute approximate surface area is 127 Å². The maximum atomic E-state index is 12.3. The molecule has 0 aliphatic carbocycles. The fourth-order valence-electron chi connectivity index (χ4n) is 2.89. The van der Waals surface area contributed by atoms with Gasteiger partial charge in [-0.1, -0.05) is 12.1 Å². The summed E-state index contributed by atoms with van der Waals surface area (Å²) < 4.78 is 5.42. The van der Waals surface area contributed by atoms with Crippen LogP contribution in [-0.2, 0) is 11.2 Å². The lowest BCUT2D eigenvalue weighted by Crippen LogP contribution is -2.48. The van der Waals surface area contributed by atoms with Crippen molar-refractivity contribution in [2.45, 2.75) is 51.6 Å². The molecule has 0 aromatic heterocycles. The molecule has 0 unspecified atom stereocenters. The Bertz CT molecular complexity index is 458. The average Bonchev–Trinajstić information content (AvgIpc) is 2.46. The van der Waals surface area contributed by atoms with Gasteiger partial charge < -0.3 is 15.4 Å². The van der Waals surface area contributed by atoms with Crippen molar-refractivity contribution in [1.29, 1.82) is 0 Å². The molecule has 0 radical (unpaired) electrons. The second-order valence-electron chi connectivity index (χ2n) is 5.80. The van der Waals surface area contributed by atoms with Gasteiger partial charge in [0.1, 0.15) is 5.75 Å². The molecule has 21 heavy (non-hydrogen) atoms. The molecule has 1 aromatic carbocycles. The third-order valence-electron chi connectivity index (χ3n) is 4.10. The van der Waals surface area contributed by atoms with E-state index in [1.54, 1.807) is 0 Å². The van der Waals surface area contributed by atoms with Gasteiger partial charge in [0.2, 0.25) is 5.91 Å². The van der Waals surface area contributed by atoms with Crippen molar-refractivity contribution in [2.75, 3.05) is 13.2 Å². The fourth-order valence-corrected chi connectivity index (χ4v) is 2.89. The van der Waals surface area contributed by atoms with Crippen LogP contribution in [0.3, 0.4) is 0 Å². The van der Waals surface area contributed by atoms with Crippen LogP contribution in [-0.4, -0.2) is 36.0 Å². The number of aryl methyl sites for hydroxylation is 1. The van der Waals surface area contributed by atoms with Gasteiger partial charge in [0.25, 0.3) is 0 Å². The Morgan fingerprint density at radius 3 is 2.71 bits per heavy atom. The second kappa shape index (κ2) is 7.46. The summed E-state index contributed by atoms with van der Waals surface area (Å²) >= 11 is 0. The number of piperidine rings is 1. The number of hydrogen-bond donors (Lipinski definition) is 1. The van der Waals surface area contributed by atoms with Gasteiger partial charge in [0, 0.05) is 25.0 Å². The van der Waals surface area contributed by atoms with Gasteiger partial charge in [-0.2, -0.15) is 0 Å². The molecule has 1 saturated heterocycles. The van der Waals surface area contributed by atoms with Crippen LogP contribution in [0.5, 0.6) is 5.75 Å². The Balaban J connectivity index is 1.83. The quantitative estimate of drug-likeness (QED) is 0.905. The second-order valence-corrected chi connectivity index (χ2v) is 5.80. The summed E-state index contributed by atoms with van der Waals surface area (Å²) in [5.74, 6) is 1.12. The lowest BCUT2D eigenvalue weighted by atomic mass is 9.98. The van der Waals surface area contributed by atoms with Crippen LogP contribution in [0.15, 0.2) is 24.3 Å². The van der Waals surface area contributed by atoms with Gasteiger partial charge in [-0.25, -0.2) is 0 Å². The molecule has 1 aliphatic rings. The van der Waals surface area contributed by atoms with Crippen LogP contribution in [0.25, 0.3) is 0 Å². The van der Waals surface area contributed by atoms with Gasteiger partial charge in [0.05, 0.1) is 6.61 Å². The standard InChI is InChI=1S/C17H26N2O2/c1-3-21-16-7-4-14(5-8-16)6-9-17(20)19-11-10-15(18)12-13(19)2/h4-5,7-8,13,15H,3,6,9-12,18H2,1-2H3/t13-,15-/m0/s1. The van der Waals surface area contributed by atoms with E-state index >= 15 is 0 Å². The van der Waals surface area contributed by atoms with Gasteiger partial charge in [-0.05, 0) is 50.8 Å². The first-order valence-corrected chi connectivity index (χ1v) is 7.87. The highest BCUT2D eigenvalue weighted by Gasteiger charge is 2.26. The summed E-state index contributed by atoms with van der Waals surface area (Å²) in [7, 11) is 0. The maximum Gasteiger partial charge on any atom is 0.223 e. The molecule has 2 atom stereocenters. The normalized spacial score (nSPS) is 22.1. The average molecular weight is 290 g/mol. The lowest BCUT2D eigenvalue weighted by Gasteiger charge is -2.36. The fraction of sp³-hybridized carbons (Fsp3) is 0.588. The first-order valence-electron chi connectivity index (χ1n) is 7.87. The summed E-state index contributed by atoms with van der Waals surface area (Å²) in [6.07, 6.45) is 3.17. The van der Waals surface area contributed by atoms with Crippen molar-refractivity contribution in [3.05, 3.63) is 29.8 Å². The van der Waals surface area contributed by atoms with Crippen LogP contribution < -0.4 is 10.5 Å². The van der Waals surface area contributed by atoms with Crippen LogP contribution in [0, 0.1) is 0 Å². The highest BCUT2D eigenvalue weighted by Crippen LogP contribution is 2.18. The molecule has 0 spiro atoms. The Morgan fingerprint density at radius 1 is 1.38 bits per heavy atom. The van der Waals surface area contributed by atoms with E-state index in [0.29, 0.717) is 13.0 Å². The molecule has 1 heterocycles. The summed E-state index contributed by atoms with van der Waals surface area (Å²) in [6, 6.07) is 8.51. The van der Waals surface area contributed by atoms with Crippen molar-refractivity contribution >= 4 is 5.91 Å². The molecule has 4 heteroatoms. The van der Waals surface area contributed by atoms with E-state index in [4.69, 9.17) is 10.5 Å². The van der Waals surface area contributed by atoms with Gasteiger partial charge >= 0.3 is 0 Å². The molecule has 1 aliphatic heterocycles. The van der Waals surface area contributed by atoms with Crippen molar-refractivity contribution in [1.82, 2.24) is 4.90 Å². The lowest BCUT2D eigenvalue weighted by molar-refractivity contribution is -0.134. The monoisotopic (exact) mass is 290 g/mol. The number of rotatable bonds is 5. The maximum absolute atomic E-state index is 12.3. The molecule has 1 fully saturated rings. The highest BCUT2D eigenvalue weighted by molar-refractivity contribution is 5.76. The Kier molecular flexibility index (Phi) is 5.62. The van der Waals surface area contributed by atoms with E-state index in [2.05, 4.69) is 6.92 Å². The molecule has 0 bridgehead atoms. The van der Waals surface area contributed by atoms with E-state index in [9.17, 15) is 4.79 Å². The van der Waals surface area contributed by atoms with Crippen molar-refractivity contribution in [2.24, 2.45) is 5.73 Å². The van der Waals surface area contributed by atoms with Crippen LogP contribution in [0.4, 0.5) is 0 Å².